The molecule has 6 heteroatoms. The third-order valence-corrected chi connectivity index (χ3v) is 3.61. The molecule has 0 fully saturated rings. The summed E-state index contributed by atoms with van der Waals surface area (Å²) < 4.78 is 1.78. The van der Waals surface area contributed by atoms with Crippen molar-refractivity contribution in [2.24, 2.45) is 0 Å². The van der Waals surface area contributed by atoms with Gasteiger partial charge in [0.2, 0.25) is 0 Å². The van der Waals surface area contributed by atoms with E-state index in [2.05, 4.69) is 15.7 Å². The Morgan fingerprint density at radius 3 is 2.91 bits per heavy atom. The second-order valence-corrected chi connectivity index (χ2v) is 5.56. The van der Waals surface area contributed by atoms with Crippen molar-refractivity contribution in [2.75, 3.05) is 6.54 Å². The van der Waals surface area contributed by atoms with Crippen LogP contribution in [0.5, 0.6) is 0 Å². The molecule has 3 N–H and O–H groups in total. The molecule has 1 heterocycles. The largest absolute Gasteiger partial charge is 0.391 e. The number of benzene rings is 1. The van der Waals surface area contributed by atoms with Crippen LogP contribution >= 0.6 is 0 Å². The molecule has 1 aromatic heterocycles. The SMILES string of the molecule is CCCC(O)CNC(=O)NC(C)c1cccc(-n2cccn2)c1. The predicted octanol–water partition coefficient (Wildman–Crippen LogP) is 2.39. The van der Waals surface area contributed by atoms with E-state index in [1.165, 1.54) is 0 Å². The summed E-state index contributed by atoms with van der Waals surface area (Å²) in [5, 5.41) is 19.4. The minimum atomic E-state index is -0.496. The zero-order valence-corrected chi connectivity index (χ0v) is 13.6. The van der Waals surface area contributed by atoms with Crippen LogP contribution < -0.4 is 10.6 Å². The molecule has 0 aliphatic heterocycles. The first-order valence-corrected chi connectivity index (χ1v) is 7.92. The molecule has 2 atom stereocenters. The van der Waals surface area contributed by atoms with Crippen molar-refractivity contribution in [3.05, 3.63) is 48.3 Å². The summed E-state index contributed by atoms with van der Waals surface area (Å²) in [7, 11) is 0. The number of carbonyl (C=O) groups is 1. The third kappa shape index (κ3) is 5.10. The van der Waals surface area contributed by atoms with E-state index in [0.717, 1.165) is 17.7 Å². The molecule has 0 spiro atoms. The molecule has 2 rings (SSSR count). The Morgan fingerprint density at radius 1 is 1.39 bits per heavy atom. The van der Waals surface area contributed by atoms with Gasteiger partial charge in [0.15, 0.2) is 0 Å². The Morgan fingerprint density at radius 2 is 2.22 bits per heavy atom. The Kier molecular flexibility index (Phi) is 6.17. The van der Waals surface area contributed by atoms with Crippen LogP contribution in [0.3, 0.4) is 0 Å². The average Bonchev–Trinajstić information content (AvgIpc) is 3.08. The standard InChI is InChI=1S/C17H24N4O2/c1-3-6-16(22)12-18-17(23)20-13(2)14-7-4-8-15(11-14)21-10-5-9-19-21/h4-5,7-11,13,16,22H,3,6,12H2,1-2H3,(H2,18,20,23). The van der Waals surface area contributed by atoms with Gasteiger partial charge < -0.3 is 15.7 Å². The fraction of sp³-hybridized carbons (Fsp3) is 0.412. The van der Waals surface area contributed by atoms with Gasteiger partial charge in [-0.05, 0) is 37.1 Å². The van der Waals surface area contributed by atoms with Crippen molar-refractivity contribution >= 4 is 6.03 Å². The van der Waals surface area contributed by atoms with Gasteiger partial charge in [-0.2, -0.15) is 5.10 Å². The highest BCUT2D eigenvalue weighted by Gasteiger charge is 2.11. The maximum Gasteiger partial charge on any atom is 0.315 e. The first-order valence-electron chi connectivity index (χ1n) is 7.92. The molecule has 0 bridgehead atoms. The lowest BCUT2D eigenvalue weighted by atomic mass is 10.1. The number of aliphatic hydroxyl groups is 1. The highest BCUT2D eigenvalue weighted by atomic mass is 16.3. The van der Waals surface area contributed by atoms with Crippen molar-refractivity contribution in [3.63, 3.8) is 0 Å². The maximum absolute atomic E-state index is 11.9. The first kappa shape index (κ1) is 17.0. The number of aromatic nitrogens is 2. The van der Waals surface area contributed by atoms with E-state index in [1.807, 2.05) is 50.4 Å². The Bertz CT molecular complexity index is 613. The van der Waals surface area contributed by atoms with Crippen LogP contribution in [0.2, 0.25) is 0 Å². The molecule has 0 saturated heterocycles. The topological polar surface area (TPSA) is 79.2 Å². The minimum Gasteiger partial charge on any atom is -0.391 e. The van der Waals surface area contributed by atoms with E-state index in [9.17, 15) is 9.90 Å². The maximum atomic E-state index is 11.9. The number of urea groups is 1. The molecule has 2 aromatic rings. The molecule has 0 aliphatic carbocycles. The number of hydrogen-bond acceptors (Lipinski definition) is 3. The number of nitrogens with one attached hydrogen (secondary N) is 2. The smallest absolute Gasteiger partial charge is 0.315 e. The third-order valence-electron chi connectivity index (χ3n) is 3.61. The summed E-state index contributed by atoms with van der Waals surface area (Å²) in [6.07, 6.45) is 4.68. The van der Waals surface area contributed by atoms with Gasteiger partial charge in [0.1, 0.15) is 0 Å². The van der Waals surface area contributed by atoms with Crippen molar-refractivity contribution in [1.29, 1.82) is 0 Å². The van der Waals surface area contributed by atoms with E-state index in [0.29, 0.717) is 6.42 Å². The average molecular weight is 316 g/mol. The van der Waals surface area contributed by atoms with Crippen molar-refractivity contribution in [3.8, 4) is 5.69 Å². The number of amides is 2. The van der Waals surface area contributed by atoms with E-state index in [1.54, 1.807) is 10.9 Å². The second-order valence-electron chi connectivity index (χ2n) is 5.56. The molecule has 6 nitrogen and oxygen atoms in total. The number of rotatable bonds is 7. The van der Waals surface area contributed by atoms with Crippen LogP contribution in [-0.2, 0) is 0 Å². The van der Waals surface area contributed by atoms with Gasteiger partial charge in [-0.3, -0.25) is 0 Å². The molecule has 23 heavy (non-hydrogen) atoms. The predicted molar refractivity (Wildman–Crippen MR) is 89.4 cm³/mol. The second kappa shape index (κ2) is 8.33. The van der Waals surface area contributed by atoms with Gasteiger partial charge in [0.05, 0.1) is 17.8 Å². The van der Waals surface area contributed by atoms with Crippen LogP contribution in [0.25, 0.3) is 5.69 Å². The first-order chi connectivity index (χ1) is 11.1. The van der Waals surface area contributed by atoms with Crippen molar-refractivity contribution in [2.45, 2.75) is 38.8 Å². The van der Waals surface area contributed by atoms with Gasteiger partial charge in [0, 0.05) is 18.9 Å². The summed E-state index contributed by atoms with van der Waals surface area (Å²) >= 11 is 0. The Balaban J connectivity index is 1.91. The quantitative estimate of drug-likeness (QED) is 0.734. The molecule has 0 saturated carbocycles. The Hall–Kier alpha value is -2.34. The summed E-state index contributed by atoms with van der Waals surface area (Å²) in [6, 6.07) is 9.29. The van der Waals surface area contributed by atoms with E-state index < -0.39 is 6.10 Å². The molecule has 2 unspecified atom stereocenters. The molecule has 0 radical (unpaired) electrons. The molecule has 0 aliphatic rings. The number of aliphatic hydroxyl groups excluding tert-OH is 1. The molecular formula is C17H24N4O2. The zero-order valence-electron chi connectivity index (χ0n) is 13.6. The lowest BCUT2D eigenvalue weighted by Crippen LogP contribution is -2.40. The summed E-state index contributed by atoms with van der Waals surface area (Å²) in [4.78, 5) is 11.9. The van der Waals surface area contributed by atoms with Crippen LogP contribution in [0, 0.1) is 0 Å². The van der Waals surface area contributed by atoms with Crippen LogP contribution in [-0.4, -0.2) is 33.6 Å². The van der Waals surface area contributed by atoms with Gasteiger partial charge in [-0.1, -0.05) is 25.5 Å². The van der Waals surface area contributed by atoms with Gasteiger partial charge in [0.25, 0.3) is 0 Å². The van der Waals surface area contributed by atoms with Crippen LogP contribution in [0.4, 0.5) is 4.79 Å². The lowest BCUT2D eigenvalue weighted by Gasteiger charge is -2.17. The summed E-state index contributed by atoms with van der Waals surface area (Å²) in [5.41, 5.74) is 1.93. The normalized spacial score (nSPS) is 13.3. The molecule has 124 valence electrons. The van der Waals surface area contributed by atoms with Crippen LogP contribution in [0.1, 0.15) is 38.3 Å². The van der Waals surface area contributed by atoms with Crippen LogP contribution in [0.15, 0.2) is 42.7 Å². The molecule has 1 aromatic carbocycles. The number of nitrogens with zero attached hydrogens (tertiary/aromatic N) is 2. The molecule has 2 amide bonds. The van der Waals surface area contributed by atoms with Gasteiger partial charge in [-0.15, -0.1) is 0 Å². The van der Waals surface area contributed by atoms with E-state index in [-0.39, 0.29) is 18.6 Å². The highest BCUT2D eigenvalue weighted by molar-refractivity contribution is 5.74. The summed E-state index contributed by atoms with van der Waals surface area (Å²) in [6.45, 7) is 4.18. The number of carbonyl (C=O) groups excluding carboxylic acids is 1. The fourth-order valence-electron chi connectivity index (χ4n) is 2.33. The lowest BCUT2D eigenvalue weighted by molar-refractivity contribution is 0.160. The number of hydrogen-bond donors (Lipinski definition) is 3. The monoisotopic (exact) mass is 316 g/mol. The molecular weight excluding hydrogens is 292 g/mol. The van der Waals surface area contributed by atoms with E-state index >= 15 is 0 Å². The minimum absolute atomic E-state index is 0.145. The fourth-order valence-corrected chi connectivity index (χ4v) is 2.33. The Labute approximate surface area is 136 Å². The van der Waals surface area contributed by atoms with Gasteiger partial charge in [-0.25, -0.2) is 9.48 Å². The van der Waals surface area contributed by atoms with E-state index in [4.69, 9.17) is 0 Å². The van der Waals surface area contributed by atoms with Crippen molar-refractivity contribution < 1.29 is 9.90 Å². The highest BCUT2D eigenvalue weighted by Crippen LogP contribution is 2.16. The van der Waals surface area contributed by atoms with Gasteiger partial charge >= 0.3 is 6.03 Å². The summed E-state index contributed by atoms with van der Waals surface area (Å²) in [5.74, 6) is 0. The zero-order chi connectivity index (χ0) is 16.7. The van der Waals surface area contributed by atoms with Crippen molar-refractivity contribution in [1.82, 2.24) is 20.4 Å².